The van der Waals surface area contributed by atoms with Gasteiger partial charge >= 0.3 is 6.18 Å². The normalized spacial score (nSPS) is 17.0. The molecule has 2 heterocycles. The van der Waals surface area contributed by atoms with Crippen LogP contribution in [0.2, 0.25) is 0 Å². The second kappa shape index (κ2) is 5.70. The van der Waals surface area contributed by atoms with Crippen LogP contribution in [-0.4, -0.2) is 10.7 Å². The third-order valence-electron chi connectivity index (χ3n) is 3.74. The number of allylic oxidation sites excluding steroid dienone is 4. The molecule has 4 nitrogen and oxygen atoms in total. The van der Waals surface area contributed by atoms with Crippen molar-refractivity contribution in [3.8, 4) is 5.88 Å². The number of pyridine rings is 1. The van der Waals surface area contributed by atoms with Gasteiger partial charge in [-0.25, -0.2) is 9.98 Å². The lowest BCUT2D eigenvalue weighted by atomic mass is 10.0. The Morgan fingerprint density at radius 3 is 2.64 bits per heavy atom. The number of benzene rings is 1. The molecule has 0 N–H and O–H groups in total. The molecule has 0 saturated heterocycles. The van der Waals surface area contributed by atoms with E-state index in [0.717, 1.165) is 34.0 Å². The molecular formula is C18H10F3N3O. The van der Waals surface area contributed by atoms with E-state index in [1.165, 1.54) is 0 Å². The molecule has 0 radical (unpaired) electrons. The zero-order valence-corrected chi connectivity index (χ0v) is 12.7. The van der Waals surface area contributed by atoms with Gasteiger partial charge in [-0.1, -0.05) is 29.4 Å². The van der Waals surface area contributed by atoms with E-state index >= 15 is 0 Å². The molecule has 0 unspecified atom stereocenters. The predicted molar refractivity (Wildman–Crippen MR) is 85.2 cm³/mol. The molecule has 0 amide bonds. The third-order valence-corrected chi connectivity index (χ3v) is 3.74. The van der Waals surface area contributed by atoms with E-state index in [0.29, 0.717) is 11.9 Å². The molecular weight excluding hydrogens is 331 g/mol. The summed E-state index contributed by atoms with van der Waals surface area (Å²) in [5.41, 5.74) is 1.29. The first-order chi connectivity index (χ1) is 12.0. The predicted octanol–water partition coefficient (Wildman–Crippen LogP) is 2.77. The van der Waals surface area contributed by atoms with Crippen LogP contribution in [0.1, 0.15) is 5.56 Å². The number of rotatable bonds is 2. The topological polar surface area (TPSA) is 46.8 Å². The van der Waals surface area contributed by atoms with Crippen molar-refractivity contribution in [3.63, 3.8) is 0 Å². The van der Waals surface area contributed by atoms with E-state index < -0.39 is 11.7 Å². The van der Waals surface area contributed by atoms with Crippen LogP contribution in [0.25, 0.3) is 5.57 Å². The van der Waals surface area contributed by atoms with Gasteiger partial charge in [0, 0.05) is 23.1 Å². The van der Waals surface area contributed by atoms with E-state index in [1.54, 1.807) is 12.2 Å². The first-order valence-corrected chi connectivity index (χ1v) is 7.38. The highest BCUT2D eigenvalue weighted by molar-refractivity contribution is 6.30. The van der Waals surface area contributed by atoms with Gasteiger partial charge in [0.2, 0.25) is 5.88 Å². The van der Waals surface area contributed by atoms with Crippen molar-refractivity contribution in [1.29, 1.82) is 0 Å². The summed E-state index contributed by atoms with van der Waals surface area (Å²) >= 11 is 0. The molecule has 124 valence electrons. The summed E-state index contributed by atoms with van der Waals surface area (Å²) < 4.78 is 37.6. The Bertz CT molecular complexity index is 1050. The SMILES string of the molecule is FC(F)(F)c1ccc(ON=C2C=CC=C3N=c4ccccc4=C32)nc1. The van der Waals surface area contributed by atoms with Crippen molar-refractivity contribution in [2.75, 3.05) is 0 Å². The van der Waals surface area contributed by atoms with Gasteiger partial charge in [-0.3, -0.25) is 0 Å². The zero-order chi connectivity index (χ0) is 17.4. The first kappa shape index (κ1) is 15.3. The second-order valence-corrected chi connectivity index (χ2v) is 5.37. The molecule has 0 bridgehead atoms. The van der Waals surface area contributed by atoms with Gasteiger partial charge in [-0.15, -0.1) is 0 Å². The molecule has 0 spiro atoms. The minimum atomic E-state index is -4.44. The second-order valence-electron chi connectivity index (χ2n) is 5.37. The molecule has 1 aromatic carbocycles. The summed E-state index contributed by atoms with van der Waals surface area (Å²) in [7, 11) is 0. The van der Waals surface area contributed by atoms with Crippen molar-refractivity contribution >= 4 is 11.3 Å². The number of halogens is 3. The highest BCUT2D eigenvalue weighted by Gasteiger charge is 2.30. The first-order valence-electron chi connectivity index (χ1n) is 7.38. The molecule has 1 aromatic heterocycles. The summed E-state index contributed by atoms with van der Waals surface area (Å²) in [6, 6.07) is 9.66. The van der Waals surface area contributed by atoms with E-state index in [-0.39, 0.29) is 5.88 Å². The summed E-state index contributed by atoms with van der Waals surface area (Å²) in [6.07, 6.45) is 1.68. The largest absolute Gasteiger partial charge is 0.417 e. The fourth-order valence-corrected chi connectivity index (χ4v) is 2.58. The molecule has 2 aliphatic rings. The van der Waals surface area contributed by atoms with Crippen molar-refractivity contribution in [1.82, 2.24) is 4.98 Å². The fourth-order valence-electron chi connectivity index (χ4n) is 2.58. The zero-order valence-electron chi connectivity index (χ0n) is 12.7. The Balaban J connectivity index is 1.66. The number of oxime groups is 1. The van der Waals surface area contributed by atoms with Crippen molar-refractivity contribution < 1.29 is 18.0 Å². The van der Waals surface area contributed by atoms with Crippen LogP contribution >= 0.6 is 0 Å². The van der Waals surface area contributed by atoms with Gasteiger partial charge < -0.3 is 4.84 Å². The van der Waals surface area contributed by atoms with Gasteiger partial charge in [0.05, 0.1) is 16.6 Å². The van der Waals surface area contributed by atoms with E-state index in [2.05, 4.69) is 15.1 Å². The minimum absolute atomic E-state index is 0.0196. The summed E-state index contributed by atoms with van der Waals surface area (Å²) in [5, 5.41) is 5.81. The smallest absolute Gasteiger partial charge is 0.336 e. The number of hydrogen-bond donors (Lipinski definition) is 0. The summed E-state index contributed by atoms with van der Waals surface area (Å²) in [4.78, 5) is 13.4. The Morgan fingerprint density at radius 2 is 1.88 bits per heavy atom. The van der Waals surface area contributed by atoms with Crippen molar-refractivity contribution in [2.45, 2.75) is 6.18 Å². The number of aromatic nitrogens is 1. The highest BCUT2D eigenvalue weighted by Crippen LogP contribution is 2.29. The molecule has 2 aromatic rings. The minimum Gasteiger partial charge on any atom is -0.336 e. The Hall–Kier alpha value is -3.22. The number of nitrogens with zero attached hydrogens (tertiary/aromatic N) is 3. The van der Waals surface area contributed by atoms with Crippen LogP contribution in [-0.2, 0) is 6.18 Å². The lowest BCUT2D eigenvalue weighted by molar-refractivity contribution is -0.137. The van der Waals surface area contributed by atoms with Crippen molar-refractivity contribution in [3.05, 3.63) is 82.7 Å². The molecule has 1 aliphatic heterocycles. The highest BCUT2D eigenvalue weighted by atomic mass is 19.4. The molecule has 25 heavy (non-hydrogen) atoms. The molecule has 1 aliphatic carbocycles. The van der Waals surface area contributed by atoms with Gasteiger partial charge in [0.25, 0.3) is 0 Å². The average Bonchev–Trinajstić information content (AvgIpc) is 2.98. The standard InChI is InChI=1S/C18H10F3N3O/c19-18(20,21)11-8-9-16(22-10-11)25-24-15-7-3-6-14-17(15)12-4-1-2-5-13(12)23-14/h1-10H. The number of hydrogen-bond acceptors (Lipinski definition) is 4. The Labute approximate surface area is 140 Å². The maximum atomic E-state index is 12.5. The van der Waals surface area contributed by atoms with Crippen LogP contribution in [0.4, 0.5) is 13.2 Å². The summed E-state index contributed by atoms with van der Waals surface area (Å²) in [6.45, 7) is 0. The number of para-hydroxylation sites is 1. The van der Waals surface area contributed by atoms with Crippen LogP contribution in [0.5, 0.6) is 5.88 Å². The van der Waals surface area contributed by atoms with Crippen molar-refractivity contribution in [2.24, 2.45) is 10.1 Å². The molecule has 0 saturated carbocycles. The fraction of sp³-hybridized carbons (Fsp3) is 0.0556. The van der Waals surface area contributed by atoms with Gasteiger partial charge in [-0.2, -0.15) is 13.2 Å². The van der Waals surface area contributed by atoms with Gasteiger partial charge in [0.1, 0.15) is 5.71 Å². The lowest BCUT2D eigenvalue weighted by Crippen LogP contribution is -2.24. The number of fused-ring (bicyclic) bond motifs is 2. The quantitative estimate of drug-likeness (QED) is 0.789. The average molecular weight is 341 g/mol. The Kier molecular flexibility index (Phi) is 3.49. The van der Waals surface area contributed by atoms with E-state index in [1.807, 2.05) is 30.3 Å². The maximum absolute atomic E-state index is 12.5. The maximum Gasteiger partial charge on any atom is 0.417 e. The van der Waals surface area contributed by atoms with Crippen LogP contribution in [0.3, 0.4) is 0 Å². The van der Waals surface area contributed by atoms with Crippen LogP contribution in [0.15, 0.2) is 76.7 Å². The molecule has 7 heteroatoms. The van der Waals surface area contributed by atoms with Gasteiger partial charge in [0.15, 0.2) is 0 Å². The van der Waals surface area contributed by atoms with Crippen LogP contribution < -0.4 is 15.4 Å². The number of alkyl halides is 3. The van der Waals surface area contributed by atoms with E-state index in [4.69, 9.17) is 4.84 Å². The molecule has 4 rings (SSSR count). The van der Waals surface area contributed by atoms with E-state index in [9.17, 15) is 13.2 Å². The molecule has 0 fully saturated rings. The monoisotopic (exact) mass is 341 g/mol. The third kappa shape index (κ3) is 2.84. The lowest BCUT2D eigenvalue weighted by Gasteiger charge is -2.09. The van der Waals surface area contributed by atoms with Gasteiger partial charge in [-0.05, 0) is 24.3 Å². The summed E-state index contributed by atoms with van der Waals surface area (Å²) in [5.74, 6) is -0.0196. The Morgan fingerprint density at radius 1 is 1.04 bits per heavy atom. The van der Waals surface area contributed by atoms with Crippen LogP contribution in [0, 0.1) is 0 Å². The molecule has 0 atom stereocenters.